The normalized spacial score (nSPS) is 10.0. The zero-order chi connectivity index (χ0) is 14.8. The van der Waals surface area contributed by atoms with E-state index in [2.05, 4.69) is 19.1 Å². The molecule has 1 N–H and O–H groups in total. The first kappa shape index (κ1) is 20.2. The molecular formula is C16H30O3. The van der Waals surface area contributed by atoms with Crippen molar-refractivity contribution in [3.8, 4) is 0 Å². The first-order chi connectivity index (χ1) is 9.15. The van der Waals surface area contributed by atoms with Gasteiger partial charge in [0, 0.05) is 13.3 Å². The van der Waals surface area contributed by atoms with Gasteiger partial charge in [-0.25, -0.2) is 0 Å². The highest BCUT2D eigenvalue weighted by molar-refractivity contribution is 5.62. The number of carbonyl (C=O) groups excluding carboxylic acids is 1. The molecule has 19 heavy (non-hydrogen) atoms. The standard InChI is InChI=1S/C14H26O.C2H4O2/c1-2-3-4-5-6-7-8-9-10-11-12-13-14-15;1-2(3)4/h3-4,14H,2,5-13H2,1H3;1H3,(H,3,4)/b4-3-;. The third kappa shape index (κ3) is 31.6. The van der Waals surface area contributed by atoms with E-state index in [1.165, 1.54) is 44.9 Å². The van der Waals surface area contributed by atoms with Gasteiger partial charge in [-0.2, -0.15) is 0 Å². The largest absolute Gasteiger partial charge is 0.481 e. The van der Waals surface area contributed by atoms with Gasteiger partial charge >= 0.3 is 0 Å². The molecule has 0 aromatic rings. The van der Waals surface area contributed by atoms with Gasteiger partial charge < -0.3 is 9.90 Å². The van der Waals surface area contributed by atoms with Crippen molar-refractivity contribution < 1.29 is 14.7 Å². The van der Waals surface area contributed by atoms with Crippen LogP contribution in [0.25, 0.3) is 0 Å². The first-order valence-electron chi connectivity index (χ1n) is 7.43. The number of aliphatic carboxylic acids is 1. The van der Waals surface area contributed by atoms with Gasteiger partial charge in [0.05, 0.1) is 0 Å². The van der Waals surface area contributed by atoms with E-state index in [9.17, 15) is 4.79 Å². The highest BCUT2D eigenvalue weighted by Gasteiger charge is 1.90. The van der Waals surface area contributed by atoms with Gasteiger partial charge in [0.2, 0.25) is 0 Å². The fourth-order valence-electron chi connectivity index (χ4n) is 1.66. The Morgan fingerprint density at radius 3 is 1.74 bits per heavy atom. The van der Waals surface area contributed by atoms with Crippen molar-refractivity contribution in [2.45, 2.75) is 78.1 Å². The molecule has 0 spiro atoms. The van der Waals surface area contributed by atoms with Crippen LogP contribution >= 0.6 is 0 Å². The van der Waals surface area contributed by atoms with Gasteiger partial charge in [0.25, 0.3) is 5.97 Å². The van der Waals surface area contributed by atoms with Crippen molar-refractivity contribution in [1.82, 2.24) is 0 Å². The molecule has 112 valence electrons. The molecule has 3 heteroatoms. The summed E-state index contributed by atoms with van der Waals surface area (Å²) in [7, 11) is 0. The minimum Gasteiger partial charge on any atom is -0.481 e. The molecule has 0 heterocycles. The van der Waals surface area contributed by atoms with Crippen LogP contribution < -0.4 is 0 Å². The Balaban J connectivity index is 0. The third-order valence-electron chi connectivity index (χ3n) is 2.60. The summed E-state index contributed by atoms with van der Waals surface area (Å²) in [5.74, 6) is -0.833. The van der Waals surface area contributed by atoms with Crippen molar-refractivity contribution in [2.75, 3.05) is 0 Å². The number of carbonyl (C=O) groups is 2. The summed E-state index contributed by atoms with van der Waals surface area (Å²) in [6.07, 6.45) is 17.8. The lowest BCUT2D eigenvalue weighted by Crippen LogP contribution is -1.81. The van der Waals surface area contributed by atoms with E-state index in [1.807, 2.05) is 0 Å². The van der Waals surface area contributed by atoms with Gasteiger partial charge in [-0.1, -0.05) is 51.2 Å². The zero-order valence-corrected chi connectivity index (χ0v) is 12.6. The number of hydrogen-bond donors (Lipinski definition) is 1. The summed E-state index contributed by atoms with van der Waals surface area (Å²) < 4.78 is 0. The van der Waals surface area contributed by atoms with Crippen LogP contribution in [-0.2, 0) is 9.59 Å². The summed E-state index contributed by atoms with van der Waals surface area (Å²) in [5.41, 5.74) is 0. The minimum atomic E-state index is -0.833. The maximum atomic E-state index is 10.1. The van der Waals surface area contributed by atoms with Crippen molar-refractivity contribution in [3.63, 3.8) is 0 Å². The Morgan fingerprint density at radius 2 is 1.32 bits per heavy atom. The molecule has 0 saturated carbocycles. The first-order valence-corrected chi connectivity index (χ1v) is 7.43. The maximum Gasteiger partial charge on any atom is 0.300 e. The van der Waals surface area contributed by atoms with Crippen molar-refractivity contribution >= 4 is 12.3 Å². The van der Waals surface area contributed by atoms with Crippen LogP contribution in [0.1, 0.15) is 78.1 Å². The van der Waals surface area contributed by atoms with Crippen LogP contribution in [-0.4, -0.2) is 17.4 Å². The number of unbranched alkanes of at least 4 members (excludes halogenated alkanes) is 8. The fourth-order valence-corrected chi connectivity index (χ4v) is 1.66. The quantitative estimate of drug-likeness (QED) is 0.335. The molecule has 0 aromatic carbocycles. The molecule has 3 nitrogen and oxygen atoms in total. The highest BCUT2D eigenvalue weighted by atomic mass is 16.4. The summed E-state index contributed by atoms with van der Waals surface area (Å²) in [5, 5.41) is 7.42. The molecule has 0 amide bonds. The fraction of sp³-hybridized carbons (Fsp3) is 0.750. The van der Waals surface area contributed by atoms with Crippen LogP contribution in [0.5, 0.6) is 0 Å². The number of aldehydes is 1. The van der Waals surface area contributed by atoms with Gasteiger partial charge in [-0.3, -0.25) is 4.79 Å². The Hall–Kier alpha value is -1.12. The van der Waals surface area contributed by atoms with E-state index in [-0.39, 0.29) is 0 Å². The molecule has 0 aliphatic carbocycles. The van der Waals surface area contributed by atoms with Crippen LogP contribution in [0.3, 0.4) is 0 Å². The second-order valence-electron chi connectivity index (χ2n) is 4.62. The second-order valence-corrected chi connectivity index (χ2v) is 4.62. The molecule has 0 atom stereocenters. The molecule has 0 fully saturated rings. The van der Waals surface area contributed by atoms with Gasteiger partial charge in [-0.05, 0) is 25.7 Å². The molecule has 0 aromatic heterocycles. The van der Waals surface area contributed by atoms with Crippen molar-refractivity contribution in [1.29, 1.82) is 0 Å². The molecule has 0 rings (SSSR count). The number of allylic oxidation sites excluding steroid dienone is 2. The zero-order valence-electron chi connectivity index (χ0n) is 12.6. The topological polar surface area (TPSA) is 54.4 Å². The monoisotopic (exact) mass is 270 g/mol. The van der Waals surface area contributed by atoms with E-state index in [0.717, 1.165) is 32.5 Å². The highest BCUT2D eigenvalue weighted by Crippen LogP contribution is 2.09. The maximum absolute atomic E-state index is 10.1. The number of rotatable bonds is 11. The summed E-state index contributed by atoms with van der Waals surface area (Å²) >= 11 is 0. The van der Waals surface area contributed by atoms with E-state index >= 15 is 0 Å². The molecular weight excluding hydrogens is 240 g/mol. The Labute approximate surface area is 118 Å². The lowest BCUT2D eigenvalue weighted by molar-refractivity contribution is -0.134. The Kier molecular flexibility index (Phi) is 20.4. The van der Waals surface area contributed by atoms with Crippen LogP contribution in [0.15, 0.2) is 12.2 Å². The molecule has 0 saturated heterocycles. The molecule has 0 bridgehead atoms. The minimum absolute atomic E-state index is 0.752. The molecule has 0 aliphatic heterocycles. The predicted octanol–water partition coefficient (Wildman–Crippen LogP) is 4.75. The van der Waals surface area contributed by atoms with E-state index in [0.29, 0.717) is 0 Å². The van der Waals surface area contributed by atoms with Gasteiger partial charge in [0.1, 0.15) is 6.29 Å². The van der Waals surface area contributed by atoms with Gasteiger partial charge in [0.15, 0.2) is 0 Å². The van der Waals surface area contributed by atoms with Crippen LogP contribution in [0, 0.1) is 0 Å². The average Bonchev–Trinajstić information content (AvgIpc) is 2.35. The van der Waals surface area contributed by atoms with Crippen LogP contribution in [0.2, 0.25) is 0 Å². The summed E-state index contributed by atoms with van der Waals surface area (Å²) in [4.78, 5) is 19.1. The van der Waals surface area contributed by atoms with Crippen molar-refractivity contribution in [2.24, 2.45) is 0 Å². The summed E-state index contributed by atoms with van der Waals surface area (Å²) in [6, 6.07) is 0. The third-order valence-corrected chi connectivity index (χ3v) is 2.60. The smallest absolute Gasteiger partial charge is 0.300 e. The lowest BCUT2D eigenvalue weighted by Gasteiger charge is -1.99. The second kappa shape index (κ2) is 19.2. The van der Waals surface area contributed by atoms with Crippen molar-refractivity contribution in [3.05, 3.63) is 12.2 Å². The molecule has 0 unspecified atom stereocenters. The van der Waals surface area contributed by atoms with E-state index in [4.69, 9.17) is 9.90 Å². The predicted molar refractivity (Wildman–Crippen MR) is 80.4 cm³/mol. The Bertz CT molecular complexity index is 218. The van der Waals surface area contributed by atoms with Gasteiger partial charge in [-0.15, -0.1) is 0 Å². The number of hydrogen-bond acceptors (Lipinski definition) is 2. The number of carboxylic acid groups (broad SMARTS) is 1. The molecule has 0 radical (unpaired) electrons. The summed E-state index contributed by atoms with van der Waals surface area (Å²) in [6.45, 7) is 3.26. The van der Waals surface area contributed by atoms with Crippen LogP contribution in [0.4, 0.5) is 0 Å². The van der Waals surface area contributed by atoms with E-state index < -0.39 is 5.97 Å². The van der Waals surface area contributed by atoms with E-state index in [1.54, 1.807) is 0 Å². The molecule has 0 aliphatic rings. The lowest BCUT2D eigenvalue weighted by atomic mass is 10.1. The average molecular weight is 270 g/mol. The Morgan fingerprint density at radius 1 is 0.895 bits per heavy atom. The SMILES string of the molecule is CC(=O)O.CC/C=C\CCCCCCCCCC=O. The number of carboxylic acids is 1.